The van der Waals surface area contributed by atoms with Gasteiger partial charge in [-0.2, -0.15) is 18.4 Å². The van der Waals surface area contributed by atoms with Gasteiger partial charge in [-0.3, -0.25) is 0 Å². The first-order chi connectivity index (χ1) is 9.00. The average Bonchev–Trinajstić information content (AvgIpc) is 2.88. The summed E-state index contributed by atoms with van der Waals surface area (Å²) in [6, 6.07) is 8.49. The van der Waals surface area contributed by atoms with Crippen LogP contribution in [0, 0.1) is 11.3 Å². The molecule has 0 unspecified atom stereocenters. The minimum absolute atomic E-state index is 0.0265. The lowest BCUT2D eigenvalue weighted by molar-refractivity contribution is -0.137. The fourth-order valence-corrected chi connectivity index (χ4v) is 1.64. The maximum atomic E-state index is 12.5. The van der Waals surface area contributed by atoms with Crippen LogP contribution in [0.4, 0.5) is 18.9 Å². The Kier molecular flexibility index (Phi) is 3.47. The first kappa shape index (κ1) is 13.0. The fourth-order valence-electron chi connectivity index (χ4n) is 1.64. The van der Waals surface area contributed by atoms with Crippen molar-refractivity contribution in [3.63, 3.8) is 0 Å². The van der Waals surface area contributed by atoms with Gasteiger partial charge in [-0.25, -0.2) is 0 Å². The highest BCUT2D eigenvalue weighted by Crippen LogP contribution is 2.31. The Bertz CT molecular complexity index is 595. The Morgan fingerprint density at radius 1 is 1.26 bits per heavy atom. The summed E-state index contributed by atoms with van der Waals surface area (Å²) < 4.78 is 37.5. The van der Waals surface area contributed by atoms with Crippen LogP contribution in [0.25, 0.3) is 0 Å². The molecule has 0 saturated heterocycles. The quantitative estimate of drug-likeness (QED) is 0.892. The van der Waals surface area contributed by atoms with Crippen molar-refractivity contribution in [1.29, 1.82) is 5.26 Å². The molecular weight excluding hydrogens is 255 g/mol. The Hall–Kier alpha value is -2.42. The molecule has 0 saturated carbocycles. The molecule has 1 aromatic carbocycles. The van der Waals surface area contributed by atoms with Crippen LogP contribution in [0.1, 0.15) is 16.8 Å². The molecule has 0 bridgehead atoms. The first-order valence-electron chi connectivity index (χ1n) is 5.48. The minimum Gasteiger partial charge on any atom is -0.378 e. The van der Waals surface area contributed by atoms with E-state index in [9.17, 15) is 13.2 Å². The summed E-state index contributed by atoms with van der Waals surface area (Å²) in [6.07, 6.45) is -2.70. The van der Waals surface area contributed by atoms with Gasteiger partial charge >= 0.3 is 6.18 Å². The predicted octanol–water partition coefficient (Wildman–Crippen LogP) is 3.52. The number of alkyl halides is 3. The zero-order valence-corrected chi connectivity index (χ0v) is 9.75. The van der Waals surface area contributed by atoms with E-state index in [-0.39, 0.29) is 5.56 Å². The molecule has 3 nitrogen and oxygen atoms in total. The Labute approximate surface area is 107 Å². The highest BCUT2D eigenvalue weighted by Gasteiger charge is 2.31. The van der Waals surface area contributed by atoms with Crippen molar-refractivity contribution in [1.82, 2.24) is 4.98 Å². The van der Waals surface area contributed by atoms with Gasteiger partial charge in [0.2, 0.25) is 0 Å². The standard InChI is InChI=1S/C13H10F3N3/c14-13(15,16)10-3-4-12(9(6-10)7-17)19-8-11-2-1-5-18-11/h1-6,18-19H,8H2. The van der Waals surface area contributed by atoms with E-state index in [0.717, 1.165) is 17.8 Å². The number of aromatic nitrogens is 1. The molecule has 0 fully saturated rings. The molecule has 1 aromatic heterocycles. The third-order valence-corrected chi connectivity index (χ3v) is 2.60. The molecule has 0 atom stereocenters. The Morgan fingerprint density at radius 3 is 2.63 bits per heavy atom. The number of rotatable bonds is 3. The Morgan fingerprint density at radius 2 is 2.05 bits per heavy atom. The lowest BCUT2D eigenvalue weighted by atomic mass is 10.1. The minimum atomic E-state index is -4.44. The molecule has 0 radical (unpaired) electrons. The average molecular weight is 265 g/mol. The highest BCUT2D eigenvalue weighted by atomic mass is 19.4. The van der Waals surface area contributed by atoms with Gasteiger partial charge in [-0.05, 0) is 30.3 Å². The normalized spacial score (nSPS) is 11.1. The van der Waals surface area contributed by atoms with Crippen molar-refractivity contribution in [3.05, 3.63) is 53.3 Å². The van der Waals surface area contributed by atoms with E-state index in [0.29, 0.717) is 12.2 Å². The molecule has 98 valence electrons. The van der Waals surface area contributed by atoms with Crippen LogP contribution in [-0.2, 0) is 12.7 Å². The van der Waals surface area contributed by atoms with E-state index >= 15 is 0 Å². The number of aromatic amines is 1. The lowest BCUT2D eigenvalue weighted by Gasteiger charge is -2.11. The second-order valence-electron chi connectivity index (χ2n) is 3.92. The monoisotopic (exact) mass is 265 g/mol. The smallest absolute Gasteiger partial charge is 0.378 e. The van der Waals surface area contributed by atoms with Crippen LogP contribution in [0.15, 0.2) is 36.5 Å². The van der Waals surface area contributed by atoms with E-state index in [1.165, 1.54) is 6.07 Å². The number of hydrogen-bond donors (Lipinski definition) is 2. The number of nitriles is 1. The zero-order chi connectivity index (χ0) is 13.9. The Balaban J connectivity index is 2.20. The number of anilines is 1. The summed E-state index contributed by atoms with van der Waals surface area (Å²) in [5, 5.41) is 11.8. The van der Waals surface area contributed by atoms with Gasteiger partial charge in [-0.1, -0.05) is 0 Å². The molecule has 0 aliphatic heterocycles. The third-order valence-electron chi connectivity index (χ3n) is 2.60. The molecular formula is C13H10F3N3. The molecule has 0 aliphatic carbocycles. The van der Waals surface area contributed by atoms with Crippen molar-refractivity contribution in [2.24, 2.45) is 0 Å². The number of nitrogens with zero attached hydrogens (tertiary/aromatic N) is 1. The number of nitrogens with one attached hydrogen (secondary N) is 2. The van der Waals surface area contributed by atoms with E-state index in [1.54, 1.807) is 12.3 Å². The number of H-pyrrole nitrogens is 1. The maximum Gasteiger partial charge on any atom is 0.416 e. The van der Waals surface area contributed by atoms with Crippen LogP contribution in [0.5, 0.6) is 0 Å². The second-order valence-corrected chi connectivity index (χ2v) is 3.92. The van der Waals surface area contributed by atoms with Gasteiger partial charge in [0.25, 0.3) is 0 Å². The molecule has 2 rings (SSSR count). The fraction of sp³-hybridized carbons (Fsp3) is 0.154. The van der Waals surface area contributed by atoms with E-state index in [1.807, 2.05) is 12.1 Å². The summed E-state index contributed by atoms with van der Waals surface area (Å²) >= 11 is 0. The highest BCUT2D eigenvalue weighted by molar-refractivity contribution is 5.59. The number of benzene rings is 1. The molecule has 2 N–H and O–H groups in total. The zero-order valence-electron chi connectivity index (χ0n) is 9.75. The summed E-state index contributed by atoms with van der Waals surface area (Å²) in [4.78, 5) is 2.96. The van der Waals surface area contributed by atoms with Gasteiger partial charge in [0.1, 0.15) is 6.07 Å². The van der Waals surface area contributed by atoms with Gasteiger partial charge in [0, 0.05) is 11.9 Å². The van der Waals surface area contributed by atoms with Gasteiger partial charge in [0.05, 0.1) is 23.4 Å². The topological polar surface area (TPSA) is 51.6 Å². The predicted molar refractivity (Wildman–Crippen MR) is 64.3 cm³/mol. The second kappa shape index (κ2) is 5.06. The van der Waals surface area contributed by atoms with Crippen LogP contribution in [0.2, 0.25) is 0 Å². The first-order valence-corrected chi connectivity index (χ1v) is 5.48. The molecule has 0 amide bonds. The van der Waals surface area contributed by atoms with E-state index < -0.39 is 11.7 Å². The SMILES string of the molecule is N#Cc1cc(C(F)(F)F)ccc1NCc1ccc[nH]1. The summed E-state index contributed by atoms with van der Waals surface area (Å²) in [6.45, 7) is 0.410. The van der Waals surface area contributed by atoms with E-state index in [4.69, 9.17) is 5.26 Å². The van der Waals surface area contributed by atoms with Gasteiger partial charge in [-0.15, -0.1) is 0 Å². The van der Waals surface area contributed by atoms with Crippen molar-refractivity contribution in [2.75, 3.05) is 5.32 Å². The van der Waals surface area contributed by atoms with Crippen LogP contribution in [0.3, 0.4) is 0 Å². The number of hydrogen-bond acceptors (Lipinski definition) is 2. The van der Waals surface area contributed by atoms with Crippen molar-refractivity contribution in [2.45, 2.75) is 12.7 Å². The third kappa shape index (κ3) is 3.07. The van der Waals surface area contributed by atoms with Crippen LogP contribution < -0.4 is 5.32 Å². The molecule has 6 heteroatoms. The van der Waals surface area contributed by atoms with Crippen LogP contribution >= 0.6 is 0 Å². The number of halogens is 3. The molecule has 2 aromatic rings. The van der Waals surface area contributed by atoms with Crippen molar-refractivity contribution in [3.8, 4) is 6.07 Å². The molecule has 0 aliphatic rings. The van der Waals surface area contributed by atoms with Crippen molar-refractivity contribution >= 4 is 5.69 Å². The van der Waals surface area contributed by atoms with Crippen molar-refractivity contribution < 1.29 is 13.2 Å². The molecule has 19 heavy (non-hydrogen) atoms. The summed E-state index contributed by atoms with van der Waals surface area (Å²) in [5.41, 5.74) is 0.407. The van der Waals surface area contributed by atoms with Gasteiger partial charge < -0.3 is 10.3 Å². The van der Waals surface area contributed by atoms with E-state index in [2.05, 4.69) is 10.3 Å². The van der Waals surface area contributed by atoms with Crippen LogP contribution in [-0.4, -0.2) is 4.98 Å². The molecule has 0 spiro atoms. The van der Waals surface area contributed by atoms with Gasteiger partial charge in [0.15, 0.2) is 0 Å². The largest absolute Gasteiger partial charge is 0.416 e. The lowest BCUT2D eigenvalue weighted by Crippen LogP contribution is -2.07. The molecule has 1 heterocycles. The summed E-state index contributed by atoms with van der Waals surface area (Å²) in [7, 11) is 0. The maximum absolute atomic E-state index is 12.5. The summed E-state index contributed by atoms with van der Waals surface area (Å²) in [5.74, 6) is 0.